The zero-order valence-corrected chi connectivity index (χ0v) is 13.4. The Balaban J connectivity index is 1.91. The summed E-state index contributed by atoms with van der Waals surface area (Å²) in [6.45, 7) is 2.51. The maximum Gasteiger partial charge on any atom is 0.254 e. The van der Waals surface area contributed by atoms with Crippen LogP contribution in [0.2, 0.25) is 0 Å². The highest BCUT2D eigenvalue weighted by atomic mass is 32.2. The van der Waals surface area contributed by atoms with Gasteiger partial charge in [-0.15, -0.1) is 11.8 Å². The summed E-state index contributed by atoms with van der Waals surface area (Å²) in [5.41, 5.74) is 2.82. The summed E-state index contributed by atoms with van der Waals surface area (Å²) in [5, 5.41) is 1.99. The Kier molecular flexibility index (Phi) is 3.95. The predicted octanol–water partition coefficient (Wildman–Crippen LogP) is 1.49. The van der Waals surface area contributed by atoms with Crippen LogP contribution in [0.5, 0.6) is 0 Å². The van der Waals surface area contributed by atoms with Gasteiger partial charge in [-0.3, -0.25) is 19.7 Å². The second-order valence-corrected chi connectivity index (χ2v) is 6.75. The molecule has 0 radical (unpaired) electrons. The smallest absolute Gasteiger partial charge is 0.254 e. The van der Waals surface area contributed by atoms with Gasteiger partial charge in [0.15, 0.2) is 0 Å². The van der Waals surface area contributed by atoms with Crippen molar-refractivity contribution >= 4 is 29.5 Å². The molecule has 0 saturated carbocycles. The van der Waals surface area contributed by atoms with Crippen molar-refractivity contribution in [2.45, 2.75) is 37.6 Å². The van der Waals surface area contributed by atoms with E-state index in [0.29, 0.717) is 18.5 Å². The number of carbonyl (C=O) groups excluding carboxylic acids is 3. The third-order valence-corrected chi connectivity index (χ3v) is 5.32. The van der Waals surface area contributed by atoms with Gasteiger partial charge in [-0.2, -0.15) is 0 Å². The summed E-state index contributed by atoms with van der Waals surface area (Å²) < 4.78 is 0. The zero-order valence-electron chi connectivity index (χ0n) is 12.6. The molecule has 6 heteroatoms. The number of imide groups is 1. The fourth-order valence-corrected chi connectivity index (χ4v) is 4.07. The minimum atomic E-state index is -0.411. The number of hydrogen-bond acceptors (Lipinski definition) is 4. The van der Waals surface area contributed by atoms with E-state index in [2.05, 4.69) is 5.32 Å². The van der Waals surface area contributed by atoms with E-state index < -0.39 is 5.25 Å². The molecule has 0 spiro atoms. The molecule has 2 aliphatic heterocycles. The van der Waals surface area contributed by atoms with E-state index in [1.54, 1.807) is 4.90 Å². The van der Waals surface area contributed by atoms with Crippen molar-refractivity contribution in [3.05, 3.63) is 34.9 Å². The molecule has 0 aromatic heterocycles. The first-order chi connectivity index (χ1) is 10.5. The molecule has 3 amide bonds. The Morgan fingerprint density at radius 2 is 2.05 bits per heavy atom. The van der Waals surface area contributed by atoms with Crippen LogP contribution in [0.25, 0.3) is 0 Å². The maximum atomic E-state index is 12.7. The van der Waals surface area contributed by atoms with Crippen LogP contribution in [-0.2, 0) is 16.1 Å². The lowest BCUT2D eigenvalue weighted by molar-refractivity contribution is -0.129. The van der Waals surface area contributed by atoms with Crippen LogP contribution in [0.3, 0.4) is 0 Å². The van der Waals surface area contributed by atoms with Crippen LogP contribution in [0.4, 0.5) is 0 Å². The topological polar surface area (TPSA) is 66.5 Å². The Bertz CT molecular complexity index is 659. The number of thioether (sulfide) groups is 1. The van der Waals surface area contributed by atoms with Gasteiger partial charge in [-0.25, -0.2) is 0 Å². The molecular weight excluding hydrogens is 300 g/mol. The molecule has 22 heavy (non-hydrogen) atoms. The summed E-state index contributed by atoms with van der Waals surface area (Å²) in [4.78, 5) is 38.2. The van der Waals surface area contributed by atoms with E-state index >= 15 is 0 Å². The van der Waals surface area contributed by atoms with Crippen molar-refractivity contribution in [2.75, 3.05) is 6.26 Å². The number of nitrogens with one attached hydrogen (secondary N) is 1. The first-order valence-electron chi connectivity index (χ1n) is 7.28. The average Bonchev–Trinajstić information content (AvgIpc) is 2.70. The fraction of sp³-hybridized carbons (Fsp3) is 0.438. The molecule has 1 aromatic carbocycles. The summed E-state index contributed by atoms with van der Waals surface area (Å²) in [6.07, 6.45) is 2.62. The van der Waals surface area contributed by atoms with Crippen LogP contribution >= 0.6 is 11.8 Å². The highest BCUT2D eigenvalue weighted by Gasteiger charge is 2.41. The van der Waals surface area contributed by atoms with Crippen molar-refractivity contribution in [1.29, 1.82) is 0 Å². The largest absolute Gasteiger partial charge is 0.330 e. The number of aryl methyl sites for hydroxylation is 1. The second-order valence-electron chi connectivity index (χ2n) is 5.77. The molecule has 2 heterocycles. The van der Waals surface area contributed by atoms with Crippen molar-refractivity contribution in [3.8, 4) is 0 Å². The molecule has 0 bridgehead atoms. The first-order valence-corrected chi connectivity index (χ1v) is 8.57. The normalized spacial score (nSPS) is 25.0. The van der Waals surface area contributed by atoms with E-state index in [0.717, 1.165) is 11.1 Å². The van der Waals surface area contributed by atoms with Crippen LogP contribution in [0.1, 0.15) is 34.3 Å². The molecule has 0 aliphatic carbocycles. The Morgan fingerprint density at radius 1 is 1.27 bits per heavy atom. The fourth-order valence-electron chi connectivity index (χ4n) is 3.20. The Labute approximate surface area is 133 Å². The van der Waals surface area contributed by atoms with Crippen LogP contribution in [-0.4, -0.2) is 40.2 Å². The summed E-state index contributed by atoms with van der Waals surface area (Å²) >= 11 is 1.39. The minimum absolute atomic E-state index is 0.0406. The molecule has 116 valence electrons. The van der Waals surface area contributed by atoms with E-state index in [1.807, 2.05) is 31.4 Å². The van der Waals surface area contributed by atoms with Gasteiger partial charge in [0, 0.05) is 18.5 Å². The van der Waals surface area contributed by atoms with Gasteiger partial charge in [-0.1, -0.05) is 17.7 Å². The summed E-state index contributed by atoms with van der Waals surface area (Å²) in [7, 11) is 0. The van der Waals surface area contributed by atoms with Gasteiger partial charge in [0.25, 0.3) is 5.91 Å². The van der Waals surface area contributed by atoms with E-state index in [1.165, 1.54) is 11.8 Å². The number of fused-ring (bicyclic) bond motifs is 1. The quantitative estimate of drug-likeness (QED) is 0.839. The number of amides is 3. The number of hydrogen-bond donors (Lipinski definition) is 1. The Morgan fingerprint density at radius 3 is 2.77 bits per heavy atom. The van der Waals surface area contributed by atoms with Gasteiger partial charge in [0.2, 0.25) is 11.8 Å². The van der Waals surface area contributed by atoms with Crippen molar-refractivity contribution in [3.63, 3.8) is 0 Å². The van der Waals surface area contributed by atoms with Crippen LogP contribution < -0.4 is 5.32 Å². The van der Waals surface area contributed by atoms with E-state index in [9.17, 15) is 14.4 Å². The van der Waals surface area contributed by atoms with E-state index in [-0.39, 0.29) is 30.2 Å². The highest BCUT2D eigenvalue weighted by molar-refractivity contribution is 8.00. The van der Waals surface area contributed by atoms with Gasteiger partial charge in [-0.05, 0) is 31.2 Å². The van der Waals surface area contributed by atoms with Gasteiger partial charge < -0.3 is 4.90 Å². The van der Waals surface area contributed by atoms with Gasteiger partial charge in [0.05, 0.1) is 6.04 Å². The predicted molar refractivity (Wildman–Crippen MR) is 84.5 cm³/mol. The van der Waals surface area contributed by atoms with Crippen LogP contribution in [0.15, 0.2) is 18.2 Å². The number of nitrogens with zero attached hydrogens (tertiary/aromatic N) is 1. The molecule has 1 saturated heterocycles. The molecule has 1 aromatic rings. The lowest BCUT2D eigenvalue weighted by Crippen LogP contribution is -2.47. The number of rotatable bonds is 2. The standard InChI is InChI=1S/C16H18N2O3S/c1-9-3-4-11-10(7-9)8-18(16(11)21)12-5-6-13(19)17-15(20)14(12)22-2/h3-4,7,12,14H,5-6,8H2,1-2H3,(H,17,19,20). The summed E-state index contributed by atoms with van der Waals surface area (Å²) in [5.74, 6) is -0.590. The molecule has 2 unspecified atom stereocenters. The highest BCUT2D eigenvalue weighted by Crippen LogP contribution is 2.31. The average molecular weight is 318 g/mol. The van der Waals surface area contributed by atoms with Gasteiger partial charge in [0.1, 0.15) is 5.25 Å². The second kappa shape index (κ2) is 5.76. The van der Waals surface area contributed by atoms with Crippen molar-refractivity contribution in [1.82, 2.24) is 10.2 Å². The lowest BCUT2D eigenvalue weighted by atomic mass is 10.1. The van der Waals surface area contributed by atoms with Crippen LogP contribution in [0, 0.1) is 6.92 Å². The van der Waals surface area contributed by atoms with Crippen molar-refractivity contribution < 1.29 is 14.4 Å². The zero-order chi connectivity index (χ0) is 15.9. The molecule has 2 aliphatic rings. The van der Waals surface area contributed by atoms with Crippen molar-refractivity contribution in [2.24, 2.45) is 0 Å². The van der Waals surface area contributed by atoms with E-state index in [4.69, 9.17) is 0 Å². The Hall–Kier alpha value is -1.82. The molecule has 3 rings (SSSR count). The number of benzene rings is 1. The lowest BCUT2D eigenvalue weighted by Gasteiger charge is -2.30. The molecule has 1 N–H and O–H groups in total. The molecule has 5 nitrogen and oxygen atoms in total. The maximum absolute atomic E-state index is 12.7. The number of carbonyl (C=O) groups is 3. The molecule has 2 atom stereocenters. The van der Waals surface area contributed by atoms with Gasteiger partial charge >= 0.3 is 0 Å². The molecule has 1 fully saturated rings. The monoisotopic (exact) mass is 318 g/mol. The third-order valence-electron chi connectivity index (χ3n) is 4.28. The minimum Gasteiger partial charge on any atom is -0.330 e. The molecular formula is C16H18N2O3S. The first kappa shape index (κ1) is 15.1. The third kappa shape index (κ3) is 2.52. The SMILES string of the molecule is CSC1C(=O)NC(=O)CCC1N1Cc2cc(C)ccc2C1=O. The summed E-state index contributed by atoms with van der Waals surface area (Å²) in [6, 6.07) is 5.55.